The summed E-state index contributed by atoms with van der Waals surface area (Å²) in [6.07, 6.45) is 1.67. The first-order valence-electron chi connectivity index (χ1n) is 7.05. The molecule has 0 radical (unpaired) electrons. The van der Waals surface area contributed by atoms with Gasteiger partial charge in [0.15, 0.2) is 0 Å². The fraction of sp³-hybridized carbons (Fsp3) is 0.250. The third kappa shape index (κ3) is 2.21. The summed E-state index contributed by atoms with van der Waals surface area (Å²) in [6, 6.07) is 8.16. The number of hydrogen-bond acceptors (Lipinski definition) is 4. The number of aromatic nitrogens is 2. The van der Waals surface area contributed by atoms with Gasteiger partial charge < -0.3 is 10.5 Å². The average Bonchev–Trinajstić information content (AvgIpc) is 2.90. The Morgan fingerprint density at radius 3 is 2.77 bits per heavy atom. The summed E-state index contributed by atoms with van der Waals surface area (Å²) in [6.45, 7) is 2.05. The smallest absolute Gasteiger partial charge is 0.221 e. The number of benzene rings is 1. The van der Waals surface area contributed by atoms with Gasteiger partial charge in [0.25, 0.3) is 0 Å². The van der Waals surface area contributed by atoms with Gasteiger partial charge in [-0.15, -0.1) is 0 Å². The first-order valence-corrected chi connectivity index (χ1v) is 7.05. The zero-order valence-corrected chi connectivity index (χ0v) is 12.1. The molecule has 1 aliphatic heterocycles. The van der Waals surface area contributed by atoms with Gasteiger partial charge >= 0.3 is 0 Å². The fourth-order valence-corrected chi connectivity index (χ4v) is 2.73. The molecule has 3 N–H and O–H groups in total. The number of fused-ring (bicyclic) bond motifs is 1. The van der Waals surface area contributed by atoms with Crippen LogP contribution in [0.25, 0.3) is 0 Å². The zero-order valence-electron chi connectivity index (χ0n) is 12.1. The molecular weight excluding hydrogens is 283 g/mol. The number of halogens is 1. The van der Waals surface area contributed by atoms with E-state index in [1.54, 1.807) is 12.1 Å². The van der Waals surface area contributed by atoms with Gasteiger partial charge in [0.05, 0.1) is 17.2 Å². The van der Waals surface area contributed by atoms with Gasteiger partial charge in [0, 0.05) is 0 Å². The summed E-state index contributed by atoms with van der Waals surface area (Å²) in [5.74, 6) is -0.215. The van der Waals surface area contributed by atoms with Crippen molar-refractivity contribution >= 4 is 0 Å². The van der Waals surface area contributed by atoms with Crippen molar-refractivity contribution in [2.75, 3.05) is 0 Å². The van der Waals surface area contributed by atoms with Gasteiger partial charge in [-0.3, -0.25) is 0 Å². The molecule has 1 aliphatic rings. The Bertz CT molecular complexity index is 770. The van der Waals surface area contributed by atoms with Crippen molar-refractivity contribution in [3.8, 4) is 11.9 Å². The molecule has 0 amide bonds. The Balaban J connectivity index is 2.19. The Labute approximate surface area is 127 Å². The third-order valence-corrected chi connectivity index (χ3v) is 3.71. The minimum absolute atomic E-state index is 0.0519. The Morgan fingerprint density at radius 2 is 2.14 bits per heavy atom. The molecule has 5 nitrogen and oxygen atoms in total. The lowest BCUT2D eigenvalue weighted by Gasteiger charge is -2.24. The van der Waals surface area contributed by atoms with Crippen molar-refractivity contribution in [2.45, 2.75) is 25.7 Å². The number of aromatic amines is 1. The van der Waals surface area contributed by atoms with Crippen molar-refractivity contribution in [1.29, 1.82) is 5.26 Å². The number of nitrogens with one attached hydrogen (secondary N) is 1. The van der Waals surface area contributed by atoms with E-state index in [0.29, 0.717) is 11.5 Å². The highest BCUT2D eigenvalue weighted by molar-refractivity contribution is 5.55. The van der Waals surface area contributed by atoms with Gasteiger partial charge in [0.2, 0.25) is 11.8 Å². The van der Waals surface area contributed by atoms with Crippen LogP contribution in [0.4, 0.5) is 4.39 Å². The number of nitrogens with two attached hydrogens (primary N) is 1. The van der Waals surface area contributed by atoms with Crippen molar-refractivity contribution in [3.63, 3.8) is 0 Å². The molecule has 0 saturated carbocycles. The number of aryl methyl sites for hydroxylation is 1. The molecule has 2 aromatic rings. The van der Waals surface area contributed by atoms with Crippen LogP contribution in [0, 0.1) is 17.1 Å². The average molecular weight is 298 g/mol. The number of nitriles is 1. The second kappa shape index (κ2) is 5.53. The van der Waals surface area contributed by atoms with Crippen LogP contribution >= 0.6 is 0 Å². The molecule has 6 heteroatoms. The van der Waals surface area contributed by atoms with Crippen molar-refractivity contribution in [3.05, 3.63) is 58.4 Å². The highest BCUT2D eigenvalue weighted by Gasteiger charge is 2.34. The number of rotatable bonds is 3. The maximum atomic E-state index is 13.2. The van der Waals surface area contributed by atoms with E-state index in [2.05, 4.69) is 16.3 Å². The summed E-state index contributed by atoms with van der Waals surface area (Å²) >= 11 is 0. The van der Waals surface area contributed by atoms with Gasteiger partial charge in [-0.2, -0.15) is 10.4 Å². The van der Waals surface area contributed by atoms with E-state index in [9.17, 15) is 9.65 Å². The lowest BCUT2D eigenvalue weighted by molar-refractivity contribution is 0.378. The summed E-state index contributed by atoms with van der Waals surface area (Å²) in [5.41, 5.74) is 8.60. The molecule has 112 valence electrons. The highest BCUT2D eigenvalue weighted by Crippen LogP contribution is 2.42. The number of hydrogen-bond donors (Lipinski definition) is 2. The summed E-state index contributed by atoms with van der Waals surface area (Å²) < 4.78 is 18.7. The number of ether oxygens (including phenoxy) is 1. The maximum absolute atomic E-state index is 13.2. The van der Waals surface area contributed by atoms with E-state index in [1.165, 1.54) is 12.1 Å². The second-order valence-electron chi connectivity index (χ2n) is 5.14. The molecule has 0 saturated heterocycles. The fourth-order valence-electron chi connectivity index (χ4n) is 2.73. The van der Waals surface area contributed by atoms with E-state index in [1.807, 2.05) is 6.92 Å². The van der Waals surface area contributed by atoms with E-state index in [-0.39, 0.29) is 11.7 Å². The van der Waals surface area contributed by atoms with Crippen molar-refractivity contribution in [2.24, 2.45) is 5.73 Å². The van der Waals surface area contributed by atoms with E-state index in [4.69, 9.17) is 10.5 Å². The SMILES string of the molecule is CCCc1n[nH]c2c1C(c1ccc(F)cc1)C(C#N)=C(N)O2. The zero-order chi connectivity index (χ0) is 15.7. The molecule has 3 rings (SSSR count). The molecule has 1 unspecified atom stereocenters. The molecule has 0 aliphatic carbocycles. The van der Waals surface area contributed by atoms with Gasteiger partial charge in [-0.1, -0.05) is 25.5 Å². The predicted octanol–water partition coefficient (Wildman–Crippen LogP) is 2.72. The van der Waals surface area contributed by atoms with Gasteiger partial charge in [0.1, 0.15) is 17.5 Å². The molecule has 2 heterocycles. The topological polar surface area (TPSA) is 87.7 Å². The normalized spacial score (nSPS) is 16.9. The minimum Gasteiger partial charge on any atom is -0.422 e. The largest absolute Gasteiger partial charge is 0.422 e. The molecule has 1 aromatic heterocycles. The standard InChI is InChI=1S/C16H15FN4O/c1-2-3-12-14-13(9-4-6-10(17)7-5-9)11(8-18)15(19)22-16(14)21-20-12/h4-7,13H,2-3,19H2,1H3,(H,20,21). The molecule has 1 atom stereocenters. The minimum atomic E-state index is -0.394. The molecule has 0 fully saturated rings. The van der Waals surface area contributed by atoms with Gasteiger partial charge in [-0.25, -0.2) is 9.49 Å². The molecule has 0 spiro atoms. The Hall–Kier alpha value is -2.81. The molecule has 22 heavy (non-hydrogen) atoms. The second-order valence-corrected chi connectivity index (χ2v) is 5.14. The van der Waals surface area contributed by atoms with E-state index < -0.39 is 5.92 Å². The van der Waals surface area contributed by atoms with E-state index >= 15 is 0 Å². The highest BCUT2D eigenvalue weighted by atomic mass is 19.1. The summed E-state index contributed by atoms with van der Waals surface area (Å²) in [7, 11) is 0. The molecule has 0 bridgehead atoms. The third-order valence-electron chi connectivity index (χ3n) is 3.71. The molecular formula is C16H15FN4O. The first kappa shape index (κ1) is 14.1. The van der Waals surface area contributed by atoms with Crippen LogP contribution < -0.4 is 10.5 Å². The summed E-state index contributed by atoms with van der Waals surface area (Å²) in [5, 5.41) is 16.6. The van der Waals surface area contributed by atoms with Crippen LogP contribution in [0.15, 0.2) is 35.7 Å². The maximum Gasteiger partial charge on any atom is 0.221 e. The quantitative estimate of drug-likeness (QED) is 0.912. The monoisotopic (exact) mass is 298 g/mol. The number of nitrogens with zero attached hydrogens (tertiary/aromatic N) is 2. The van der Waals surface area contributed by atoms with E-state index in [0.717, 1.165) is 29.7 Å². The van der Waals surface area contributed by atoms with Crippen LogP contribution in [0.5, 0.6) is 5.88 Å². The van der Waals surface area contributed by atoms with Crippen LogP contribution in [0.1, 0.15) is 36.1 Å². The first-order chi connectivity index (χ1) is 10.7. The Kier molecular flexibility index (Phi) is 3.55. The Morgan fingerprint density at radius 1 is 1.41 bits per heavy atom. The van der Waals surface area contributed by atoms with Crippen LogP contribution in [0.3, 0.4) is 0 Å². The summed E-state index contributed by atoms with van der Waals surface area (Å²) in [4.78, 5) is 0. The predicted molar refractivity (Wildman–Crippen MR) is 78.3 cm³/mol. The van der Waals surface area contributed by atoms with Gasteiger partial charge in [-0.05, 0) is 24.1 Å². The number of H-pyrrole nitrogens is 1. The number of allylic oxidation sites excluding steroid dienone is 1. The van der Waals surface area contributed by atoms with Crippen molar-refractivity contribution < 1.29 is 9.13 Å². The van der Waals surface area contributed by atoms with Crippen LogP contribution in [-0.4, -0.2) is 10.2 Å². The molecule has 1 aromatic carbocycles. The van der Waals surface area contributed by atoms with Crippen LogP contribution in [-0.2, 0) is 6.42 Å². The lowest BCUT2D eigenvalue weighted by atomic mass is 9.83. The van der Waals surface area contributed by atoms with Crippen molar-refractivity contribution in [1.82, 2.24) is 10.2 Å². The lowest BCUT2D eigenvalue weighted by Crippen LogP contribution is -2.21. The van der Waals surface area contributed by atoms with Crippen LogP contribution in [0.2, 0.25) is 0 Å².